The smallest absolute Gasteiger partial charge is 0.0732 e. The lowest BCUT2D eigenvalue weighted by atomic mass is 9.98. The van der Waals surface area contributed by atoms with Crippen molar-refractivity contribution in [3.8, 4) is 0 Å². The Morgan fingerprint density at radius 2 is 2.19 bits per heavy atom. The zero-order valence-electron chi connectivity index (χ0n) is 9.48. The third-order valence-electron chi connectivity index (χ3n) is 2.96. The maximum Gasteiger partial charge on any atom is 0.0732 e. The Labute approximate surface area is 95.3 Å². The van der Waals surface area contributed by atoms with Gasteiger partial charge in [-0.25, -0.2) is 0 Å². The number of rotatable bonds is 4. The summed E-state index contributed by atoms with van der Waals surface area (Å²) in [4.78, 5) is 3.15. The Bertz CT molecular complexity index is 464. The standard InChI is InChI=1S/C13H18N2O/c1-2-3-12(16)13(14)10-5-4-9-6-7-15-11(9)8-10/h4-8,12-13,15-16H,2-3,14H2,1H3/t12-,13+/m1/s1. The average Bonchev–Trinajstić information content (AvgIpc) is 2.75. The Morgan fingerprint density at radius 1 is 1.38 bits per heavy atom. The molecule has 1 aromatic heterocycles. The van der Waals surface area contributed by atoms with Gasteiger partial charge in [-0.05, 0) is 29.5 Å². The molecule has 0 aliphatic carbocycles. The first-order valence-electron chi connectivity index (χ1n) is 5.73. The summed E-state index contributed by atoms with van der Waals surface area (Å²) >= 11 is 0. The molecule has 1 aromatic carbocycles. The zero-order chi connectivity index (χ0) is 11.5. The highest BCUT2D eigenvalue weighted by Gasteiger charge is 2.16. The Balaban J connectivity index is 2.24. The number of benzene rings is 1. The first-order valence-corrected chi connectivity index (χ1v) is 5.73. The van der Waals surface area contributed by atoms with Gasteiger partial charge in [0, 0.05) is 11.7 Å². The maximum atomic E-state index is 9.86. The lowest BCUT2D eigenvalue weighted by Gasteiger charge is -2.18. The molecule has 0 radical (unpaired) electrons. The molecule has 86 valence electrons. The van der Waals surface area contributed by atoms with Crippen molar-refractivity contribution in [1.82, 2.24) is 4.98 Å². The van der Waals surface area contributed by atoms with Crippen molar-refractivity contribution in [3.05, 3.63) is 36.0 Å². The summed E-state index contributed by atoms with van der Waals surface area (Å²) in [5, 5.41) is 11.0. The molecule has 16 heavy (non-hydrogen) atoms. The molecule has 0 amide bonds. The van der Waals surface area contributed by atoms with E-state index in [2.05, 4.69) is 4.98 Å². The van der Waals surface area contributed by atoms with E-state index >= 15 is 0 Å². The van der Waals surface area contributed by atoms with Crippen molar-refractivity contribution in [3.63, 3.8) is 0 Å². The number of aromatic amines is 1. The minimum absolute atomic E-state index is 0.298. The highest BCUT2D eigenvalue weighted by atomic mass is 16.3. The van der Waals surface area contributed by atoms with Gasteiger partial charge in [0.1, 0.15) is 0 Å². The number of aromatic nitrogens is 1. The SMILES string of the molecule is CCC[C@@H](O)[C@@H](N)c1ccc2cc[nH]c2c1. The van der Waals surface area contributed by atoms with Crippen molar-refractivity contribution >= 4 is 10.9 Å². The quantitative estimate of drug-likeness (QED) is 0.737. The van der Waals surface area contributed by atoms with Crippen LogP contribution in [-0.4, -0.2) is 16.2 Å². The lowest BCUT2D eigenvalue weighted by Crippen LogP contribution is -2.25. The fourth-order valence-electron chi connectivity index (χ4n) is 1.97. The number of hydrogen-bond donors (Lipinski definition) is 3. The maximum absolute atomic E-state index is 9.86. The predicted molar refractivity (Wildman–Crippen MR) is 66.1 cm³/mol. The topological polar surface area (TPSA) is 62.0 Å². The second-order valence-electron chi connectivity index (χ2n) is 4.21. The van der Waals surface area contributed by atoms with Crippen LogP contribution in [0.4, 0.5) is 0 Å². The molecular formula is C13H18N2O. The summed E-state index contributed by atoms with van der Waals surface area (Å²) in [6.45, 7) is 2.05. The number of aliphatic hydroxyl groups excluding tert-OH is 1. The first kappa shape index (κ1) is 11.2. The molecule has 0 saturated carbocycles. The van der Waals surface area contributed by atoms with E-state index in [-0.39, 0.29) is 6.04 Å². The second-order valence-corrected chi connectivity index (χ2v) is 4.21. The number of hydrogen-bond acceptors (Lipinski definition) is 2. The average molecular weight is 218 g/mol. The van der Waals surface area contributed by atoms with Crippen LogP contribution < -0.4 is 5.73 Å². The molecular weight excluding hydrogens is 200 g/mol. The Kier molecular flexibility index (Phi) is 3.27. The zero-order valence-corrected chi connectivity index (χ0v) is 9.48. The van der Waals surface area contributed by atoms with Gasteiger partial charge in [-0.3, -0.25) is 0 Å². The van der Waals surface area contributed by atoms with Crippen LogP contribution in [0.15, 0.2) is 30.5 Å². The van der Waals surface area contributed by atoms with Crippen molar-refractivity contribution in [1.29, 1.82) is 0 Å². The fourth-order valence-corrected chi connectivity index (χ4v) is 1.97. The molecule has 2 rings (SSSR count). The number of H-pyrrole nitrogens is 1. The highest BCUT2D eigenvalue weighted by molar-refractivity contribution is 5.79. The molecule has 2 aromatic rings. The summed E-state index contributed by atoms with van der Waals surface area (Å²) in [5.41, 5.74) is 8.07. The van der Waals surface area contributed by atoms with Crippen LogP contribution in [0.3, 0.4) is 0 Å². The van der Waals surface area contributed by atoms with E-state index in [1.165, 1.54) is 5.39 Å². The van der Waals surface area contributed by atoms with Gasteiger partial charge in [0.05, 0.1) is 12.1 Å². The van der Waals surface area contributed by atoms with Crippen LogP contribution in [0.5, 0.6) is 0 Å². The van der Waals surface area contributed by atoms with Crippen LogP contribution in [0.1, 0.15) is 31.4 Å². The molecule has 0 unspecified atom stereocenters. The second kappa shape index (κ2) is 4.68. The summed E-state index contributed by atoms with van der Waals surface area (Å²) in [6.07, 6.45) is 3.13. The van der Waals surface area contributed by atoms with Crippen molar-refractivity contribution < 1.29 is 5.11 Å². The molecule has 3 nitrogen and oxygen atoms in total. The summed E-state index contributed by atoms with van der Waals surface area (Å²) in [5.74, 6) is 0. The number of nitrogens with two attached hydrogens (primary N) is 1. The van der Waals surface area contributed by atoms with Crippen LogP contribution in [-0.2, 0) is 0 Å². The van der Waals surface area contributed by atoms with Gasteiger partial charge < -0.3 is 15.8 Å². The van der Waals surface area contributed by atoms with E-state index < -0.39 is 6.10 Å². The minimum Gasteiger partial charge on any atom is -0.391 e. The van der Waals surface area contributed by atoms with E-state index in [1.807, 2.05) is 37.4 Å². The van der Waals surface area contributed by atoms with Crippen molar-refractivity contribution in [2.24, 2.45) is 5.73 Å². The predicted octanol–water partition coefficient (Wildman–Crippen LogP) is 2.33. The van der Waals surface area contributed by atoms with E-state index in [1.54, 1.807) is 0 Å². The summed E-state index contributed by atoms with van der Waals surface area (Å²) in [7, 11) is 0. The molecule has 0 fully saturated rings. The van der Waals surface area contributed by atoms with Gasteiger partial charge in [-0.1, -0.05) is 25.5 Å². The van der Waals surface area contributed by atoms with Crippen LogP contribution in [0.2, 0.25) is 0 Å². The fraction of sp³-hybridized carbons (Fsp3) is 0.385. The van der Waals surface area contributed by atoms with Gasteiger partial charge in [-0.2, -0.15) is 0 Å². The lowest BCUT2D eigenvalue weighted by molar-refractivity contribution is 0.134. The molecule has 0 aliphatic rings. The van der Waals surface area contributed by atoms with Crippen LogP contribution in [0.25, 0.3) is 10.9 Å². The van der Waals surface area contributed by atoms with Crippen LogP contribution >= 0.6 is 0 Å². The first-order chi connectivity index (χ1) is 7.72. The molecule has 1 heterocycles. The molecule has 4 N–H and O–H groups in total. The number of aliphatic hydroxyl groups is 1. The molecule has 0 bridgehead atoms. The summed E-state index contributed by atoms with van der Waals surface area (Å²) in [6, 6.07) is 7.75. The largest absolute Gasteiger partial charge is 0.391 e. The van der Waals surface area contributed by atoms with E-state index in [0.29, 0.717) is 0 Å². The van der Waals surface area contributed by atoms with Gasteiger partial charge in [0.2, 0.25) is 0 Å². The normalized spacial score (nSPS) is 15.2. The minimum atomic E-state index is -0.461. The highest BCUT2D eigenvalue weighted by Crippen LogP contribution is 2.21. The number of fused-ring (bicyclic) bond motifs is 1. The van der Waals surface area contributed by atoms with Crippen LogP contribution in [0, 0.1) is 0 Å². The van der Waals surface area contributed by atoms with Gasteiger partial charge in [-0.15, -0.1) is 0 Å². The van der Waals surface area contributed by atoms with Gasteiger partial charge >= 0.3 is 0 Å². The number of nitrogens with one attached hydrogen (secondary N) is 1. The Morgan fingerprint density at radius 3 is 2.94 bits per heavy atom. The molecule has 0 spiro atoms. The molecule has 0 aliphatic heterocycles. The monoisotopic (exact) mass is 218 g/mol. The van der Waals surface area contributed by atoms with E-state index in [4.69, 9.17) is 5.73 Å². The van der Waals surface area contributed by atoms with Gasteiger partial charge in [0.15, 0.2) is 0 Å². The molecule has 3 heteroatoms. The van der Waals surface area contributed by atoms with E-state index in [0.717, 1.165) is 23.9 Å². The molecule has 0 saturated heterocycles. The Hall–Kier alpha value is -1.32. The van der Waals surface area contributed by atoms with Crippen molar-refractivity contribution in [2.45, 2.75) is 31.9 Å². The van der Waals surface area contributed by atoms with Crippen molar-refractivity contribution in [2.75, 3.05) is 0 Å². The van der Waals surface area contributed by atoms with Gasteiger partial charge in [0.25, 0.3) is 0 Å². The van der Waals surface area contributed by atoms with E-state index in [9.17, 15) is 5.11 Å². The third-order valence-corrected chi connectivity index (χ3v) is 2.96. The molecule has 2 atom stereocenters. The third kappa shape index (κ3) is 2.10. The summed E-state index contributed by atoms with van der Waals surface area (Å²) < 4.78 is 0.